The summed E-state index contributed by atoms with van der Waals surface area (Å²) in [5.74, 6) is -0.525. The number of carbonyl (C=O) groups excluding carboxylic acids is 1. The molecule has 0 spiro atoms. The molecule has 4 heteroatoms. The van der Waals surface area contributed by atoms with Gasteiger partial charge in [-0.15, -0.1) is 0 Å². The van der Waals surface area contributed by atoms with E-state index in [1.807, 2.05) is 6.92 Å². The highest BCUT2D eigenvalue weighted by Crippen LogP contribution is 2.46. The molecule has 0 saturated heterocycles. The summed E-state index contributed by atoms with van der Waals surface area (Å²) in [7, 11) is 1.47. The molecular weight excluding hydrogens is 367 g/mol. The zero-order valence-corrected chi connectivity index (χ0v) is 18.6. The van der Waals surface area contributed by atoms with E-state index in [1.54, 1.807) is 19.1 Å². The minimum atomic E-state index is -0.438. The third kappa shape index (κ3) is 4.98. The number of hydrogen-bond acceptors (Lipinski definition) is 3. The van der Waals surface area contributed by atoms with Gasteiger partial charge in [0.15, 0.2) is 0 Å². The van der Waals surface area contributed by atoms with Crippen LogP contribution in [0, 0.1) is 5.41 Å². The normalized spacial score (nSPS) is 16.9. The second kappa shape index (κ2) is 9.43. The largest absolute Gasteiger partial charge is 0.496 e. The third-order valence-electron chi connectivity index (χ3n) is 5.65. The van der Waals surface area contributed by atoms with Crippen LogP contribution in [0.5, 0.6) is 5.75 Å². The Bertz CT molecular complexity index is 859. The number of carbonyl (C=O) groups is 1. The second-order valence-electron chi connectivity index (χ2n) is 8.36. The van der Waals surface area contributed by atoms with Gasteiger partial charge in [-0.1, -0.05) is 32.9 Å². The van der Waals surface area contributed by atoms with E-state index in [0.717, 1.165) is 36.8 Å². The monoisotopic (exact) mass is 400 g/mol. The van der Waals surface area contributed by atoms with Gasteiger partial charge in [0.05, 0.1) is 24.8 Å². The fourth-order valence-corrected chi connectivity index (χ4v) is 4.09. The van der Waals surface area contributed by atoms with Crippen LogP contribution in [0.15, 0.2) is 47.1 Å². The van der Waals surface area contributed by atoms with E-state index >= 15 is 4.39 Å². The first-order valence-corrected chi connectivity index (χ1v) is 10.3. The number of benzene rings is 1. The van der Waals surface area contributed by atoms with Crippen molar-refractivity contribution in [3.63, 3.8) is 0 Å². The van der Waals surface area contributed by atoms with E-state index in [9.17, 15) is 4.79 Å². The molecule has 0 amide bonds. The van der Waals surface area contributed by atoms with Crippen molar-refractivity contribution in [2.24, 2.45) is 5.41 Å². The molecule has 0 aromatic heterocycles. The molecule has 29 heavy (non-hydrogen) atoms. The number of halogens is 1. The van der Waals surface area contributed by atoms with Crippen molar-refractivity contribution in [3.05, 3.63) is 58.2 Å². The molecule has 3 nitrogen and oxygen atoms in total. The van der Waals surface area contributed by atoms with Gasteiger partial charge in [0.25, 0.3) is 0 Å². The first-order valence-electron chi connectivity index (χ1n) is 10.3. The van der Waals surface area contributed by atoms with Gasteiger partial charge in [0.2, 0.25) is 0 Å². The van der Waals surface area contributed by atoms with Gasteiger partial charge in [0, 0.05) is 0 Å². The van der Waals surface area contributed by atoms with Crippen LogP contribution in [0.4, 0.5) is 4.39 Å². The lowest BCUT2D eigenvalue weighted by atomic mass is 9.69. The zero-order valence-electron chi connectivity index (χ0n) is 18.6. The Morgan fingerprint density at radius 1 is 1.31 bits per heavy atom. The van der Waals surface area contributed by atoms with E-state index < -0.39 is 5.97 Å². The summed E-state index contributed by atoms with van der Waals surface area (Å²) >= 11 is 0. The maximum Gasteiger partial charge on any atom is 0.338 e. The predicted molar refractivity (Wildman–Crippen MR) is 117 cm³/mol. The molecule has 0 bridgehead atoms. The van der Waals surface area contributed by atoms with Gasteiger partial charge < -0.3 is 9.47 Å². The highest BCUT2D eigenvalue weighted by Gasteiger charge is 2.31. The van der Waals surface area contributed by atoms with Gasteiger partial charge >= 0.3 is 5.97 Å². The van der Waals surface area contributed by atoms with Crippen LogP contribution >= 0.6 is 0 Å². The minimum Gasteiger partial charge on any atom is -0.496 e. The fraction of sp³-hybridized carbons (Fsp3) is 0.480. The van der Waals surface area contributed by atoms with Crippen LogP contribution in [0.3, 0.4) is 0 Å². The van der Waals surface area contributed by atoms with Crippen molar-refractivity contribution in [1.29, 1.82) is 0 Å². The molecule has 1 aromatic rings. The van der Waals surface area contributed by atoms with E-state index in [-0.39, 0.29) is 11.2 Å². The summed E-state index contributed by atoms with van der Waals surface area (Å²) in [6, 6.07) is 4.67. The molecule has 1 aliphatic rings. The number of hydrogen-bond donors (Lipinski definition) is 0. The first-order chi connectivity index (χ1) is 13.6. The van der Waals surface area contributed by atoms with Gasteiger partial charge in [-0.05, 0) is 79.9 Å². The number of esters is 1. The average Bonchev–Trinajstić information content (AvgIpc) is 2.69. The summed E-state index contributed by atoms with van der Waals surface area (Å²) < 4.78 is 26.0. The number of ether oxygens (including phenoxy) is 2. The molecule has 0 saturated carbocycles. The second-order valence-corrected chi connectivity index (χ2v) is 8.36. The van der Waals surface area contributed by atoms with Crippen LogP contribution in [0.25, 0.3) is 5.83 Å². The van der Waals surface area contributed by atoms with Gasteiger partial charge in [0.1, 0.15) is 11.6 Å². The molecule has 0 N–H and O–H groups in total. The van der Waals surface area contributed by atoms with E-state index in [0.29, 0.717) is 29.1 Å². The van der Waals surface area contributed by atoms with Gasteiger partial charge in [-0.3, -0.25) is 0 Å². The van der Waals surface area contributed by atoms with Crippen molar-refractivity contribution in [1.82, 2.24) is 0 Å². The molecule has 1 aliphatic carbocycles. The third-order valence-corrected chi connectivity index (χ3v) is 5.65. The van der Waals surface area contributed by atoms with E-state index in [1.165, 1.54) is 18.7 Å². The van der Waals surface area contributed by atoms with E-state index in [2.05, 4.69) is 27.4 Å². The zero-order chi connectivity index (χ0) is 21.8. The van der Waals surface area contributed by atoms with Crippen LogP contribution in [-0.4, -0.2) is 19.7 Å². The molecule has 158 valence electrons. The summed E-state index contributed by atoms with van der Waals surface area (Å²) in [4.78, 5) is 12.1. The average molecular weight is 401 g/mol. The Balaban J connectivity index is 2.43. The molecule has 0 atom stereocenters. The summed E-state index contributed by atoms with van der Waals surface area (Å²) in [5, 5.41) is 0. The maximum atomic E-state index is 15.5. The van der Waals surface area contributed by atoms with Gasteiger partial charge in [-0.2, -0.15) is 0 Å². The standard InChI is InChI=1S/C25H33FO3/c1-8-14-29-24(27)19-11-12-20(21(15-19)28-7)23(26)18(4)17(3)22-16(2)10-9-13-25(22,5)6/h11-12,15H,3,8-10,13-14H2,1-2,4-7H3. The highest BCUT2D eigenvalue weighted by atomic mass is 19.1. The lowest BCUT2D eigenvalue weighted by Crippen LogP contribution is -2.22. The molecule has 2 rings (SSSR count). The minimum absolute atomic E-state index is 0.0298. The predicted octanol–water partition coefficient (Wildman–Crippen LogP) is 7.05. The molecule has 1 aromatic carbocycles. The number of methoxy groups -OCH3 is 1. The Morgan fingerprint density at radius 2 is 2.00 bits per heavy atom. The summed E-state index contributed by atoms with van der Waals surface area (Å²) in [6.45, 7) is 14.8. The van der Waals surface area contributed by atoms with Crippen molar-refractivity contribution < 1.29 is 18.7 Å². The number of allylic oxidation sites excluding steroid dienone is 4. The molecule has 0 heterocycles. The lowest BCUT2D eigenvalue weighted by molar-refractivity contribution is 0.0504. The first kappa shape index (κ1) is 22.9. The quantitative estimate of drug-likeness (QED) is 0.363. The Hall–Kier alpha value is -2.36. The Kier molecular flexibility index (Phi) is 7.45. The van der Waals surface area contributed by atoms with Crippen LogP contribution in [-0.2, 0) is 4.74 Å². The molecular formula is C25H33FO3. The van der Waals surface area contributed by atoms with Crippen molar-refractivity contribution in [2.75, 3.05) is 13.7 Å². The SMILES string of the molecule is C=C(C(C)=C(F)c1ccc(C(=O)OCCC)cc1OC)C1=C(C)CCCC1(C)C. The fourth-order valence-electron chi connectivity index (χ4n) is 4.09. The Morgan fingerprint density at radius 3 is 2.59 bits per heavy atom. The smallest absolute Gasteiger partial charge is 0.338 e. The van der Waals surface area contributed by atoms with Crippen LogP contribution in [0.2, 0.25) is 0 Å². The molecule has 0 aliphatic heterocycles. The van der Waals surface area contributed by atoms with Crippen molar-refractivity contribution in [3.8, 4) is 5.75 Å². The van der Waals surface area contributed by atoms with Crippen LogP contribution < -0.4 is 4.74 Å². The molecule has 0 unspecified atom stereocenters. The summed E-state index contributed by atoms with van der Waals surface area (Å²) in [5.41, 5.74) is 4.28. The van der Waals surface area contributed by atoms with Crippen molar-refractivity contribution in [2.45, 2.75) is 60.3 Å². The highest BCUT2D eigenvalue weighted by molar-refractivity contribution is 5.91. The van der Waals surface area contributed by atoms with Gasteiger partial charge in [-0.25, -0.2) is 9.18 Å². The van der Waals surface area contributed by atoms with E-state index in [4.69, 9.17) is 9.47 Å². The molecule has 0 fully saturated rings. The van der Waals surface area contributed by atoms with Crippen LogP contribution in [0.1, 0.15) is 76.2 Å². The maximum absolute atomic E-state index is 15.5. The Labute approximate surface area is 174 Å². The topological polar surface area (TPSA) is 35.5 Å². The molecule has 0 radical (unpaired) electrons. The van der Waals surface area contributed by atoms with Crippen molar-refractivity contribution >= 4 is 11.8 Å². The summed E-state index contributed by atoms with van der Waals surface area (Å²) in [6.07, 6.45) is 3.96. The number of rotatable bonds is 7. The lowest BCUT2D eigenvalue weighted by Gasteiger charge is -2.36.